The molecule has 0 saturated heterocycles. The van der Waals surface area contributed by atoms with Crippen LogP contribution in [0.4, 0.5) is 0 Å². The molecular weight excluding hydrogens is 322 g/mol. The Kier molecular flexibility index (Phi) is 7.58. The highest BCUT2D eigenvalue weighted by molar-refractivity contribution is 5.81. The van der Waals surface area contributed by atoms with Gasteiger partial charge in [0.1, 0.15) is 0 Å². The molecule has 1 aromatic carbocycles. The Bertz CT molecular complexity index is 708. The molecule has 4 nitrogen and oxygen atoms in total. The third-order valence-corrected chi connectivity index (χ3v) is 5.25. The summed E-state index contributed by atoms with van der Waals surface area (Å²) in [6.45, 7) is 9.14. The van der Waals surface area contributed by atoms with E-state index in [4.69, 9.17) is 0 Å². The molecule has 0 aliphatic rings. The lowest BCUT2D eigenvalue weighted by atomic mass is 9.94. The molecule has 26 heavy (non-hydrogen) atoms. The van der Waals surface area contributed by atoms with Gasteiger partial charge < -0.3 is 9.80 Å². The Balaban J connectivity index is 1.80. The van der Waals surface area contributed by atoms with Gasteiger partial charge in [0.2, 0.25) is 5.91 Å². The number of carbonyl (C=O) groups is 1. The van der Waals surface area contributed by atoms with Gasteiger partial charge in [0, 0.05) is 38.1 Å². The van der Waals surface area contributed by atoms with Crippen molar-refractivity contribution in [2.75, 3.05) is 27.2 Å². The zero-order chi connectivity index (χ0) is 19.1. The minimum atomic E-state index is 0.257. The van der Waals surface area contributed by atoms with E-state index in [-0.39, 0.29) is 5.91 Å². The van der Waals surface area contributed by atoms with Crippen LogP contribution in [0.1, 0.15) is 39.2 Å². The van der Waals surface area contributed by atoms with Crippen LogP contribution in [0.25, 0.3) is 10.9 Å². The van der Waals surface area contributed by atoms with Gasteiger partial charge in [-0.1, -0.05) is 45.0 Å². The predicted octanol–water partition coefficient (Wildman–Crippen LogP) is 4.20. The van der Waals surface area contributed by atoms with Crippen molar-refractivity contribution in [3.63, 3.8) is 0 Å². The standard InChI is InChI=1S/C22H33N3O/c1-17(2)18(3)15-21(26)25(5)14-8-13-24(4)16-20-10-6-9-19-11-7-12-23-22(19)20/h6-7,9-12,17-18H,8,13-16H2,1-5H3. The Morgan fingerprint density at radius 2 is 1.81 bits per heavy atom. The van der Waals surface area contributed by atoms with Gasteiger partial charge in [-0.2, -0.15) is 0 Å². The second-order valence-electron chi connectivity index (χ2n) is 7.82. The first-order chi connectivity index (χ1) is 12.4. The molecule has 2 aromatic rings. The fourth-order valence-electron chi connectivity index (χ4n) is 3.03. The third-order valence-electron chi connectivity index (χ3n) is 5.25. The first kappa shape index (κ1) is 20.4. The van der Waals surface area contributed by atoms with Crippen molar-refractivity contribution >= 4 is 16.8 Å². The van der Waals surface area contributed by atoms with Crippen LogP contribution in [-0.2, 0) is 11.3 Å². The number of hydrogen-bond acceptors (Lipinski definition) is 3. The van der Waals surface area contributed by atoms with Gasteiger partial charge in [-0.05, 0) is 43.5 Å². The molecule has 1 amide bonds. The van der Waals surface area contributed by atoms with Crippen LogP contribution in [0, 0.1) is 11.8 Å². The van der Waals surface area contributed by atoms with E-state index in [1.54, 1.807) is 0 Å². The van der Waals surface area contributed by atoms with Gasteiger partial charge in [0.15, 0.2) is 0 Å². The predicted molar refractivity (Wildman–Crippen MR) is 109 cm³/mol. The maximum absolute atomic E-state index is 12.3. The first-order valence-corrected chi connectivity index (χ1v) is 9.63. The van der Waals surface area contributed by atoms with Gasteiger partial charge in [-0.25, -0.2) is 0 Å². The zero-order valence-corrected chi connectivity index (χ0v) is 16.9. The average Bonchev–Trinajstić information content (AvgIpc) is 2.61. The van der Waals surface area contributed by atoms with Crippen LogP contribution < -0.4 is 0 Å². The fourth-order valence-corrected chi connectivity index (χ4v) is 3.03. The monoisotopic (exact) mass is 355 g/mol. The smallest absolute Gasteiger partial charge is 0.222 e. The fraction of sp³-hybridized carbons (Fsp3) is 0.545. The second kappa shape index (κ2) is 9.67. The molecule has 0 saturated carbocycles. The summed E-state index contributed by atoms with van der Waals surface area (Å²) in [5, 5.41) is 1.18. The highest BCUT2D eigenvalue weighted by Gasteiger charge is 2.15. The molecule has 0 aliphatic heterocycles. The van der Waals surface area contributed by atoms with E-state index < -0.39 is 0 Å². The Labute approximate surface area is 158 Å². The van der Waals surface area contributed by atoms with E-state index in [0.29, 0.717) is 18.3 Å². The molecule has 0 aliphatic carbocycles. The first-order valence-electron chi connectivity index (χ1n) is 9.63. The van der Waals surface area contributed by atoms with Gasteiger partial charge in [0.25, 0.3) is 0 Å². The molecular formula is C22H33N3O. The van der Waals surface area contributed by atoms with Crippen LogP contribution >= 0.6 is 0 Å². The summed E-state index contributed by atoms with van der Waals surface area (Å²) in [5.41, 5.74) is 2.33. The highest BCUT2D eigenvalue weighted by atomic mass is 16.2. The van der Waals surface area contributed by atoms with Crippen LogP contribution in [0.3, 0.4) is 0 Å². The molecule has 1 atom stereocenters. The summed E-state index contributed by atoms with van der Waals surface area (Å²) in [7, 11) is 4.05. The molecule has 1 unspecified atom stereocenters. The lowest BCUT2D eigenvalue weighted by molar-refractivity contribution is -0.131. The molecule has 1 aromatic heterocycles. The second-order valence-corrected chi connectivity index (χ2v) is 7.82. The number of para-hydroxylation sites is 1. The Morgan fingerprint density at radius 1 is 1.08 bits per heavy atom. The number of aromatic nitrogens is 1. The molecule has 0 N–H and O–H groups in total. The minimum Gasteiger partial charge on any atom is -0.346 e. The normalized spacial score (nSPS) is 12.7. The maximum atomic E-state index is 12.3. The molecule has 0 spiro atoms. The van der Waals surface area contributed by atoms with Crippen molar-refractivity contribution in [3.8, 4) is 0 Å². The summed E-state index contributed by atoms with van der Waals surface area (Å²) in [6, 6.07) is 10.4. The molecule has 4 heteroatoms. The molecule has 2 rings (SSSR count). The molecule has 0 radical (unpaired) electrons. The zero-order valence-electron chi connectivity index (χ0n) is 16.9. The number of carbonyl (C=O) groups excluding carboxylic acids is 1. The Morgan fingerprint density at radius 3 is 2.54 bits per heavy atom. The SMILES string of the molecule is CC(C)C(C)CC(=O)N(C)CCCN(C)Cc1cccc2cccnc12. The van der Waals surface area contributed by atoms with E-state index in [0.717, 1.165) is 31.6 Å². The van der Waals surface area contributed by atoms with Crippen molar-refractivity contribution in [1.29, 1.82) is 0 Å². The quantitative estimate of drug-likeness (QED) is 0.676. The largest absolute Gasteiger partial charge is 0.346 e. The number of amides is 1. The third kappa shape index (κ3) is 5.80. The number of hydrogen-bond donors (Lipinski definition) is 0. The number of pyridine rings is 1. The van der Waals surface area contributed by atoms with E-state index in [1.807, 2.05) is 24.2 Å². The Hall–Kier alpha value is -1.94. The maximum Gasteiger partial charge on any atom is 0.222 e. The molecule has 0 fully saturated rings. The summed E-state index contributed by atoms with van der Waals surface area (Å²) < 4.78 is 0. The van der Waals surface area contributed by atoms with Gasteiger partial charge in [-0.15, -0.1) is 0 Å². The summed E-state index contributed by atoms with van der Waals surface area (Å²) in [6.07, 6.45) is 3.48. The highest BCUT2D eigenvalue weighted by Crippen LogP contribution is 2.17. The van der Waals surface area contributed by atoms with Crippen LogP contribution in [0.5, 0.6) is 0 Å². The topological polar surface area (TPSA) is 36.4 Å². The van der Waals surface area contributed by atoms with Crippen LogP contribution in [-0.4, -0.2) is 47.9 Å². The van der Waals surface area contributed by atoms with E-state index >= 15 is 0 Å². The van der Waals surface area contributed by atoms with E-state index in [2.05, 4.69) is 62.0 Å². The molecule has 1 heterocycles. The lowest BCUT2D eigenvalue weighted by Crippen LogP contribution is -2.31. The summed E-state index contributed by atoms with van der Waals surface area (Å²) in [4.78, 5) is 21.0. The van der Waals surface area contributed by atoms with Crippen molar-refractivity contribution in [2.45, 2.75) is 40.2 Å². The molecule has 142 valence electrons. The van der Waals surface area contributed by atoms with Crippen molar-refractivity contribution in [1.82, 2.24) is 14.8 Å². The van der Waals surface area contributed by atoms with Gasteiger partial charge in [0.05, 0.1) is 5.52 Å². The van der Waals surface area contributed by atoms with E-state index in [9.17, 15) is 4.79 Å². The average molecular weight is 356 g/mol. The van der Waals surface area contributed by atoms with Crippen molar-refractivity contribution < 1.29 is 4.79 Å². The number of benzene rings is 1. The number of fused-ring (bicyclic) bond motifs is 1. The van der Waals surface area contributed by atoms with Crippen LogP contribution in [0.2, 0.25) is 0 Å². The van der Waals surface area contributed by atoms with Gasteiger partial charge >= 0.3 is 0 Å². The summed E-state index contributed by atoms with van der Waals surface area (Å²) >= 11 is 0. The minimum absolute atomic E-state index is 0.257. The lowest BCUT2D eigenvalue weighted by Gasteiger charge is -2.23. The van der Waals surface area contributed by atoms with Crippen molar-refractivity contribution in [3.05, 3.63) is 42.1 Å². The number of rotatable bonds is 9. The summed E-state index contributed by atoms with van der Waals surface area (Å²) in [5.74, 6) is 1.24. The van der Waals surface area contributed by atoms with E-state index in [1.165, 1.54) is 10.9 Å². The number of nitrogens with zero attached hydrogens (tertiary/aromatic N) is 3. The van der Waals surface area contributed by atoms with Crippen LogP contribution in [0.15, 0.2) is 36.5 Å². The van der Waals surface area contributed by atoms with Crippen molar-refractivity contribution in [2.24, 2.45) is 11.8 Å². The van der Waals surface area contributed by atoms with Gasteiger partial charge in [-0.3, -0.25) is 9.78 Å². The molecule has 0 bridgehead atoms.